The number of aryl methyl sites for hydroxylation is 2. The van der Waals surface area contributed by atoms with E-state index in [0.717, 1.165) is 16.5 Å². The highest BCUT2D eigenvalue weighted by Gasteiger charge is 2.33. The maximum Gasteiger partial charge on any atom is 0.261 e. The lowest BCUT2D eigenvalue weighted by atomic mass is 10.1. The van der Waals surface area contributed by atoms with Crippen LogP contribution in [0.3, 0.4) is 0 Å². The first kappa shape index (κ1) is 17.4. The van der Waals surface area contributed by atoms with Crippen LogP contribution in [0.2, 0.25) is 0 Å². The predicted octanol–water partition coefficient (Wildman–Crippen LogP) is 3.40. The Kier molecular flexibility index (Phi) is 4.47. The van der Waals surface area contributed by atoms with Crippen molar-refractivity contribution in [3.8, 4) is 0 Å². The first-order valence-electron chi connectivity index (χ1n) is 7.85. The van der Waals surface area contributed by atoms with Gasteiger partial charge in [-0.2, -0.15) is 0 Å². The Hall–Kier alpha value is -2.47. The highest BCUT2D eigenvalue weighted by molar-refractivity contribution is 7.94. The van der Waals surface area contributed by atoms with Gasteiger partial charge < -0.3 is 4.90 Å². The van der Waals surface area contributed by atoms with Crippen LogP contribution in [0.5, 0.6) is 0 Å². The fourth-order valence-corrected chi connectivity index (χ4v) is 4.09. The molecule has 0 bridgehead atoms. The molecule has 0 spiro atoms. The molecular weight excluding hydrogens is 341 g/mol. The van der Waals surface area contributed by atoms with Crippen LogP contribution in [0.25, 0.3) is 0 Å². The number of sulfone groups is 1. The Morgan fingerprint density at radius 2 is 1.84 bits per heavy atom. The number of hydrogen-bond donors (Lipinski definition) is 0. The summed E-state index contributed by atoms with van der Waals surface area (Å²) in [5.74, 6) is -1.40. The van der Waals surface area contributed by atoms with Crippen molar-refractivity contribution in [2.75, 3.05) is 10.7 Å². The number of anilines is 1. The molecule has 3 rings (SSSR count). The maximum absolute atomic E-state index is 14.1. The van der Waals surface area contributed by atoms with Crippen molar-refractivity contribution in [1.82, 2.24) is 0 Å². The van der Waals surface area contributed by atoms with Gasteiger partial charge in [-0.1, -0.05) is 18.2 Å². The van der Waals surface area contributed by atoms with E-state index >= 15 is 0 Å². The molecule has 0 radical (unpaired) electrons. The fraction of sp³-hybridized carbons (Fsp3) is 0.211. The van der Waals surface area contributed by atoms with Gasteiger partial charge in [-0.3, -0.25) is 4.79 Å². The van der Waals surface area contributed by atoms with Gasteiger partial charge in [-0.25, -0.2) is 12.8 Å². The van der Waals surface area contributed by atoms with E-state index < -0.39 is 27.6 Å². The van der Waals surface area contributed by atoms with E-state index in [2.05, 4.69) is 0 Å². The number of hydrogen-bond acceptors (Lipinski definition) is 3. The van der Waals surface area contributed by atoms with Crippen LogP contribution in [0.1, 0.15) is 21.5 Å². The predicted molar refractivity (Wildman–Crippen MR) is 95.8 cm³/mol. The quantitative estimate of drug-likeness (QED) is 0.844. The molecule has 0 aromatic heterocycles. The van der Waals surface area contributed by atoms with E-state index in [1.807, 2.05) is 26.0 Å². The third kappa shape index (κ3) is 3.49. The second-order valence-electron chi connectivity index (χ2n) is 6.15. The standard InChI is InChI=1S/C19H18FNO3S/c1-13-7-8-15(11-14(13)2)21(16-9-10-25(23,24)12-16)19(22)17-5-3-4-6-18(17)20/h3-11,16H,12H2,1-2H3/t16-/m1/s1. The number of carbonyl (C=O) groups is 1. The summed E-state index contributed by atoms with van der Waals surface area (Å²) in [7, 11) is -3.36. The molecule has 2 aromatic carbocycles. The minimum atomic E-state index is -3.36. The third-order valence-corrected chi connectivity index (χ3v) is 5.71. The summed E-state index contributed by atoms with van der Waals surface area (Å²) in [6.45, 7) is 3.86. The van der Waals surface area contributed by atoms with Crippen molar-refractivity contribution >= 4 is 21.4 Å². The average Bonchev–Trinajstić information content (AvgIpc) is 2.91. The lowest BCUT2D eigenvalue weighted by molar-refractivity contribution is 0.0979. The molecule has 1 aliphatic rings. The summed E-state index contributed by atoms with van der Waals surface area (Å²) in [5.41, 5.74) is 2.48. The molecule has 0 saturated heterocycles. The smallest absolute Gasteiger partial charge is 0.261 e. The van der Waals surface area contributed by atoms with Gasteiger partial charge >= 0.3 is 0 Å². The molecule has 130 valence electrons. The zero-order valence-corrected chi connectivity index (χ0v) is 14.8. The molecule has 25 heavy (non-hydrogen) atoms. The highest BCUT2D eigenvalue weighted by Crippen LogP contribution is 2.27. The highest BCUT2D eigenvalue weighted by atomic mass is 32.2. The van der Waals surface area contributed by atoms with Gasteiger partial charge in [0.2, 0.25) is 0 Å². The topological polar surface area (TPSA) is 54.5 Å². The number of nitrogens with zero attached hydrogens (tertiary/aromatic N) is 1. The SMILES string of the molecule is Cc1ccc(N(C(=O)c2ccccc2F)[C@@H]2C=CS(=O)(=O)C2)cc1C. The van der Waals surface area contributed by atoms with Crippen molar-refractivity contribution < 1.29 is 17.6 Å². The minimum Gasteiger partial charge on any atom is -0.300 e. The van der Waals surface area contributed by atoms with Gasteiger partial charge in [0.15, 0.2) is 9.84 Å². The van der Waals surface area contributed by atoms with Crippen LogP contribution >= 0.6 is 0 Å². The van der Waals surface area contributed by atoms with Gasteiger partial charge in [-0.15, -0.1) is 0 Å². The number of halogens is 1. The number of benzene rings is 2. The van der Waals surface area contributed by atoms with E-state index in [1.165, 1.54) is 29.2 Å². The van der Waals surface area contributed by atoms with Crippen molar-refractivity contribution in [1.29, 1.82) is 0 Å². The monoisotopic (exact) mass is 359 g/mol. The maximum atomic E-state index is 14.1. The van der Waals surface area contributed by atoms with E-state index in [4.69, 9.17) is 0 Å². The molecule has 0 aliphatic carbocycles. The number of rotatable bonds is 3. The largest absolute Gasteiger partial charge is 0.300 e. The van der Waals surface area contributed by atoms with Crippen molar-refractivity contribution in [3.05, 3.63) is 76.5 Å². The van der Waals surface area contributed by atoms with Gasteiger partial charge in [0.05, 0.1) is 17.4 Å². The first-order chi connectivity index (χ1) is 11.8. The summed E-state index contributed by atoms with van der Waals surface area (Å²) in [4.78, 5) is 14.4. The van der Waals surface area contributed by atoms with Gasteiger partial charge in [0.1, 0.15) is 5.82 Å². The van der Waals surface area contributed by atoms with Gasteiger partial charge in [0, 0.05) is 11.1 Å². The average molecular weight is 359 g/mol. The van der Waals surface area contributed by atoms with Crippen LogP contribution in [-0.4, -0.2) is 26.1 Å². The Bertz CT molecular complexity index is 966. The Morgan fingerprint density at radius 3 is 2.44 bits per heavy atom. The molecular formula is C19H18FNO3S. The van der Waals surface area contributed by atoms with Crippen molar-refractivity contribution in [2.24, 2.45) is 0 Å². The van der Waals surface area contributed by atoms with Gasteiger partial charge in [-0.05, 0) is 55.3 Å². The molecule has 6 heteroatoms. The molecule has 2 aromatic rings. The van der Waals surface area contributed by atoms with Crippen LogP contribution < -0.4 is 4.90 Å². The lowest BCUT2D eigenvalue weighted by Crippen LogP contribution is -2.41. The van der Waals surface area contributed by atoms with Gasteiger partial charge in [0.25, 0.3) is 5.91 Å². The Balaban J connectivity index is 2.09. The van der Waals surface area contributed by atoms with E-state index in [9.17, 15) is 17.6 Å². The zero-order valence-electron chi connectivity index (χ0n) is 13.9. The second-order valence-corrected chi connectivity index (χ2v) is 8.08. The summed E-state index contributed by atoms with van der Waals surface area (Å²) in [6.07, 6.45) is 1.48. The van der Waals surface area contributed by atoms with E-state index in [0.29, 0.717) is 5.69 Å². The van der Waals surface area contributed by atoms with E-state index in [-0.39, 0.29) is 11.3 Å². The molecule has 4 nitrogen and oxygen atoms in total. The molecule has 1 atom stereocenters. The number of carbonyl (C=O) groups excluding carboxylic acids is 1. The summed E-state index contributed by atoms with van der Waals surface area (Å²) in [6, 6.07) is 10.5. The summed E-state index contributed by atoms with van der Waals surface area (Å²) in [5, 5.41) is 1.11. The van der Waals surface area contributed by atoms with Crippen LogP contribution in [-0.2, 0) is 9.84 Å². The molecule has 1 heterocycles. The minimum absolute atomic E-state index is 0.0848. The van der Waals surface area contributed by atoms with Crippen molar-refractivity contribution in [2.45, 2.75) is 19.9 Å². The second kappa shape index (κ2) is 6.44. The zero-order chi connectivity index (χ0) is 18.2. The van der Waals surface area contributed by atoms with E-state index in [1.54, 1.807) is 12.1 Å². The molecule has 1 amide bonds. The van der Waals surface area contributed by atoms with Crippen LogP contribution in [0, 0.1) is 19.7 Å². The fourth-order valence-electron chi connectivity index (χ4n) is 2.82. The van der Waals surface area contributed by atoms with Crippen LogP contribution in [0.15, 0.2) is 53.9 Å². The molecule has 0 N–H and O–H groups in total. The Labute approximate surface area is 146 Å². The summed E-state index contributed by atoms with van der Waals surface area (Å²) >= 11 is 0. The molecule has 0 unspecified atom stereocenters. The Morgan fingerprint density at radius 1 is 1.12 bits per heavy atom. The van der Waals surface area contributed by atoms with Crippen molar-refractivity contribution in [3.63, 3.8) is 0 Å². The lowest BCUT2D eigenvalue weighted by Gasteiger charge is -2.28. The number of amides is 1. The first-order valence-corrected chi connectivity index (χ1v) is 9.56. The molecule has 0 fully saturated rings. The molecule has 0 saturated carbocycles. The third-order valence-electron chi connectivity index (χ3n) is 4.33. The van der Waals surface area contributed by atoms with Crippen LogP contribution in [0.4, 0.5) is 10.1 Å². The molecule has 1 aliphatic heterocycles. The summed E-state index contributed by atoms with van der Waals surface area (Å²) < 4.78 is 37.8. The normalized spacial score (nSPS) is 18.3.